The Kier molecular flexibility index (Phi) is 11.6. The first-order valence-electron chi connectivity index (χ1n) is 18.0. The lowest BCUT2D eigenvalue weighted by atomic mass is 10.00. The number of β-lactam (4-membered cyclic amide) rings is 1. The first-order chi connectivity index (χ1) is 27.5. The van der Waals surface area contributed by atoms with Crippen LogP contribution < -0.4 is 16.4 Å². The molecule has 2 fully saturated rings. The summed E-state index contributed by atoms with van der Waals surface area (Å²) in [7, 11) is 1.69. The molecule has 2 saturated heterocycles. The number of rotatable bonds is 12. The number of esters is 1. The van der Waals surface area contributed by atoms with Crippen molar-refractivity contribution in [3.8, 4) is 0 Å². The van der Waals surface area contributed by atoms with Gasteiger partial charge in [0, 0.05) is 43.9 Å². The van der Waals surface area contributed by atoms with Gasteiger partial charge in [0.25, 0.3) is 5.91 Å². The Balaban J connectivity index is 1.14. The van der Waals surface area contributed by atoms with Crippen molar-refractivity contribution in [3.05, 3.63) is 113 Å². The fourth-order valence-corrected chi connectivity index (χ4v) is 8.96. The Hall–Kier alpha value is -6.21. The molecule has 6 amide bonds. The summed E-state index contributed by atoms with van der Waals surface area (Å²) in [6.07, 6.45) is -0.791. The number of benzene rings is 3. The molecule has 3 atom stereocenters. The van der Waals surface area contributed by atoms with Crippen molar-refractivity contribution < 1.29 is 33.5 Å². The zero-order valence-electron chi connectivity index (χ0n) is 30.8. The van der Waals surface area contributed by atoms with E-state index < -0.39 is 59.2 Å². The highest BCUT2D eigenvalue weighted by Crippen LogP contribution is 2.43. The van der Waals surface area contributed by atoms with Gasteiger partial charge in [-0.3, -0.25) is 29.0 Å². The van der Waals surface area contributed by atoms with Gasteiger partial charge in [0.1, 0.15) is 23.2 Å². The van der Waals surface area contributed by atoms with E-state index in [1.54, 1.807) is 26.1 Å². The quantitative estimate of drug-likeness (QED) is 0.0615. The molecule has 4 N–H and O–H groups in total. The van der Waals surface area contributed by atoms with Crippen molar-refractivity contribution in [2.24, 2.45) is 7.05 Å². The van der Waals surface area contributed by atoms with Crippen molar-refractivity contribution in [3.63, 3.8) is 0 Å². The smallest absolute Gasteiger partial charge is 0.356 e. The van der Waals surface area contributed by atoms with E-state index >= 15 is 0 Å². The van der Waals surface area contributed by atoms with Crippen molar-refractivity contribution >= 4 is 64.8 Å². The van der Waals surface area contributed by atoms with Gasteiger partial charge in [-0.25, -0.2) is 14.3 Å². The van der Waals surface area contributed by atoms with Crippen LogP contribution in [0.3, 0.4) is 0 Å². The van der Waals surface area contributed by atoms with Gasteiger partial charge in [0.15, 0.2) is 6.10 Å². The first-order valence-corrected chi connectivity index (χ1v) is 20.0. The number of imide groups is 1. The van der Waals surface area contributed by atoms with Gasteiger partial charge < -0.3 is 26.0 Å². The van der Waals surface area contributed by atoms with Crippen LogP contribution in [0.15, 0.2) is 101 Å². The minimum absolute atomic E-state index is 0.0616. The number of hydrogen-bond donors (Lipinski definition) is 3. The normalized spacial score (nSPS) is 18.6. The van der Waals surface area contributed by atoms with Crippen LogP contribution in [0.1, 0.15) is 35.8 Å². The second-order valence-electron chi connectivity index (χ2n) is 13.2. The van der Waals surface area contributed by atoms with Crippen molar-refractivity contribution in [2.45, 2.75) is 35.6 Å². The lowest BCUT2D eigenvalue weighted by Gasteiger charge is -2.50. The molecule has 1 aromatic heterocycles. The van der Waals surface area contributed by atoms with Crippen molar-refractivity contribution in [2.75, 3.05) is 36.9 Å². The minimum atomic E-state index is -1.38. The van der Waals surface area contributed by atoms with Crippen LogP contribution in [0.5, 0.6) is 0 Å². The van der Waals surface area contributed by atoms with E-state index in [1.807, 2.05) is 60.7 Å². The van der Waals surface area contributed by atoms with Gasteiger partial charge in [0.2, 0.25) is 11.1 Å². The number of urea groups is 1. The lowest BCUT2D eigenvalue weighted by molar-refractivity contribution is -0.155. The van der Waals surface area contributed by atoms with Crippen LogP contribution in [0.4, 0.5) is 10.5 Å². The number of nitrogens with two attached hydrogens (primary N) is 1. The van der Waals surface area contributed by atoms with Crippen molar-refractivity contribution in [1.29, 1.82) is 0 Å². The van der Waals surface area contributed by atoms with Crippen LogP contribution in [0.2, 0.25) is 0 Å². The molecule has 0 radical (unpaired) electrons. The van der Waals surface area contributed by atoms with Crippen LogP contribution in [0, 0.1) is 0 Å². The molecule has 19 heteroatoms. The number of tetrazole rings is 1. The number of ether oxygens (including phenoxy) is 1. The molecule has 7 rings (SSSR count). The minimum Gasteiger partial charge on any atom is -0.448 e. The van der Waals surface area contributed by atoms with E-state index in [4.69, 9.17) is 10.5 Å². The summed E-state index contributed by atoms with van der Waals surface area (Å²) in [6.45, 7) is 2.10. The molecule has 57 heavy (non-hydrogen) atoms. The van der Waals surface area contributed by atoms with Gasteiger partial charge in [-0.2, -0.15) is 0 Å². The first kappa shape index (κ1) is 39.0. The molecule has 17 nitrogen and oxygen atoms in total. The summed E-state index contributed by atoms with van der Waals surface area (Å²) in [5.41, 5.74) is 8.75. The van der Waals surface area contributed by atoms with E-state index in [2.05, 4.69) is 26.2 Å². The molecule has 0 bridgehead atoms. The highest BCUT2D eigenvalue weighted by molar-refractivity contribution is 8.01. The third-order valence-corrected chi connectivity index (χ3v) is 12.1. The van der Waals surface area contributed by atoms with Gasteiger partial charge in [-0.15, -0.1) is 16.9 Å². The molecule has 0 unspecified atom stereocenters. The SMILES string of the molecule is CCN1CCN(C(=O)N[C@H](C(=O)N[C@@H]2C(=O)N3C(C(=O)OC(c4ccccc4)c4ccccc4)=C(CSc4nnnn4C)CS[C@@H]23)c2ccc(N)cc2)C(=O)C1=O. The number of carbonyl (C=O) groups excluding carboxylic acids is 6. The third-order valence-electron chi connectivity index (χ3n) is 9.66. The Morgan fingerprint density at radius 1 is 0.930 bits per heavy atom. The van der Waals surface area contributed by atoms with Gasteiger partial charge >= 0.3 is 23.8 Å². The number of carbonyl (C=O) groups is 6. The lowest BCUT2D eigenvalue weighted by Crippen LogP contribution is -2.71. The van der Waals surface area contributed by atoms with E-state index in [0.29, 0.717) is 34.3 Å². The van der Waals surface area contributed by atoms with Gasteiger partial charge in [0.05, 0.1) is 0 Å². The number of likely N-dealkylation sites (N-methyl/N-ethyl adjacent to an activating group) is 1. The number of fused-ring (bicyclic) bond motifs is 1. The molecule has 0 saturated carbocycles. The number of anilines is 1. The molecule has 4 aromatic rings. The number of aromatic nitrogens is 4. The van der Waals surface area contributed by atoms with E-state index in [9.17, 15) is 28.8 Å². The number of nitrogens with zero attached hydrogens (tertiary/aromatic N) is 7. The Morgan fingerprint density at radius 3 is 2.21 bits per heavy atom. The standard InChI is InChI=1S/C38H38N10O7S2/c1-3-46-18-19-47(34(52)33(46)51)37(54)41-27(22-14-16-26(39)17-15-22)31(49)40-28-32(50)48-29(25(20-56-35(28)48)21-57-38-42-43-44-45(38)2)36(53)55-30(23-10-6-4-7-11-23)24-12-8-5-9-13-24/h4-17,27-28,30,35H,3,18-21,39H2,1-2H3,(H,40,49)(H,41,54)/t27-,28+,35-/m0/s1. The fraction of sp³-hybridized carbons (Fsp3) is 0.289. The van der Waals surface area contributed by atoms with Gasteiger partial charge in [-0.1, -0.05) is 84.6 Å². The maximum Gasteiger partial charge on any atom is 0.356 e. The summed E-state index contributed by atoms with van der Waals surface area (Å²) in [6, 6.07) is 21.3. The molecular formula is C38H38N10O7S2. The zero-order chi connectivity index (χ0) is 40.2. The Bertz CT molecular complexity index is 2180. The van der Waals surface area contributed by atoms with Crippen molar-refractivity contribution in [1.82, 2.24) is 45.5 Å². The molecule has 0 spiro atoms. The number of thioether (sulfide) groups is 2. The summed E-state index contributed by atoms with van der Waals surface area (Å²) in [5.74, 6) is -3.31. The summed E-state index contributed by atoms with van der Waals surface area (Å²) >= 11 is 2.65. The fourth-order valence-electron chi connectivity index (χ4n) is 6.62. The maximum absolute atomic E-state index is 14.4. The average Bonchev–Trinajstić information content (AvgIpc) is 3.65. The summed E-state index contributed by atoms with van der Waals surface area (Å²) < 4.78 is 7.75. The zero-order valence-corrected chi connectivity index (χ0v) is 32.4. The van der Waals surface area contributed by atoms with E-state index in [0.717, 1.165) is 16.0 Å². The average molecular weight is 811 g/mol. The monoisotopic (exact) mass is 810 g/mol. The predicted molar refractivity (Wildman–Crippen MR) is 208 cm³/mol. The molecule has 4 heterocycles. The largest absolute Gasteiger partial charge is 0.448 e. The number of aryl methyl sites for hydroxylation is 1. The molecule has 0 aliphatic carbocycles. The number of amides is 6. The van der Waals surface area contributed by atoms with Crippen LogP contribution >= 0.6 is 23.5 Å². The molecule has 3 aromatic carbocycles. The molecule has 3 aliphatic rings. The summed E-state index contributed by atoms with van der Waals surface area (Å²) in [4.78, 5) is 84.8. The predicted octanol–water partition coefficient (Wildman–Crippen LogP) is 2.01. The number of piperazine rings is 1. The maximum atomic E-state index is 14.4. The van der Waals surface area contributed by atoms with Crippen LogP contribution in [-0.4, -0.2) is 113 Å². The topological polar surface area (TPSA) is 215 Å². The highest BCUT2D eigenvalue weighted by Gasteiger charge is 2.55. The van der Waals surface area contributed by atoms with E-state index in [-0.39, 0.29) is 24.5 Å². The number of nitrogens with one attached hydrogen (secondary N) is 2. The van der Waals surface area contributed by atoms with Crippen LogP contribution in [0.25, 0.3) is 0 Å². The third kappa shape index (κ3) is 8.06. The van der Waals surface area contributed by atoms with Gasteiger partial charge in [-0.05, 0) is 51.7 Å². The van der Waals surface area contributed by atoms with E-state index in [1.165, 1.54) is 50.1 Å². The van der Waals surface area contributed by atoms with Crippen LogP contribution in [-0.2, 0) is 35.8 Å². The second-order valence-corrected chi connectivity index (χ2v) is 15.3. The molecule has 3 aliphatic heterocycles. The Labute approximate surface area is 335 Å². The Morgan fingerprint density at radius 2 is 1.60 bits per heavy atom. The number of nitrogen functional groups attached to an aromatic ring is 1. The summed E-state index contributed by atoms with van der Waals surface area (Å²) in [5, 5.41) is 16.7. The molecular weight excluding hydrogens is 773 g/mol. The number of hydrogen-bond acceptors (Lipinski definition) is 13. The second kappa shape index (κ2) is 16.9. The molecule has 294 valence electrons. The highest BCUT2D eigenvalue weighted by atomic mass is 32.2.